The standard InChI is InChI=1S/C14H29NO3S/c1-11(5-7-19(15,16)17)4-6-18-14-9-12(2)8-13(3)10-14/h11-14H,4-10H2,1-3H3,(H2,15,16,17). The van der Waals surface area contributed by atoms with Crippen LogP contribution in [-0.4, -0.2) is 26.9 Å². The maximum absolute atomic E-state index is 10.9. The minimum absolute atomic E-state index is 0.0751. The molecule has 1 rings (SSSR count). The first kappa shape index (κ1) is 16.9. The Morgan fingerprint density at radius 2 is 1.74 bits per heavy atom. The first-order chi connectivity index (χ1) is 8.76. The number of nitrogens with two attached hydrogens (primary N) is 1. The van der Waals surface area contributed by atoms with Crippen molar-refractivity contribution in [3.05, 3.63) is 0 Å². The predicted octanol–water partition coefficient (Wildman–Crippen LogP) is 2.53. The molecule has 0 aromatic heterocycles. The third-order valence-electron chi connectivity index (χ3n) is 3.99. The molecule has 3 atom stereocenters. The lowest BCUT2D eigenvalue weighted by atomic mass is 9.82. The molecule has 1 fully saturated rings. The van der Waals surface area contributed by atoms with E-state index in [2.05, 4.69) is 20.8 Å². The molecule has 0 aliphatic heterocycles. The number of primary sulfonamides is 1. The van der Waals surface area contributed by atoms with Gasteiger partial charge in [0.1, 0.15) is 0 Å². The summed E-state index contributed by atoms with van der Waals surface area (Å²) >= 11 is 0. The molecular weight excluding hydrogens is 262 g/mol. The van der Waals surface area contributed by atoms with E-state index in [9.17, 15) is 8.42 Å². The maximum Gasteiger partial charge on any atom is 0.209 e. The van der Waals surface area contributed by atoms with E-state index in [4.69, 9.17) is 9.88 Å². The van der Waals surface area contributed by atoms with Crippen molar-refractivity contribution >= 4 is 10.0 Å². The summed E-state index contributed by atoms with van der Waals surface area (Å²) in [7, 11) is -3.32. The minimum Gasteiger partial charge on any atom is -0.378 e. The van der Waals surface area contributed by atoms with Gasteiger partial charge in [-0.2, -0.15) is 0 Å². The molecule has 0 radical (unpaired) electrons. The summed E-state index contributed by atoms with van der Waals surface area (Å²) in [4.78, 5) is 0. The fraction of sp³-hybridized carbons (Fsp3) is 1.00. The predicted molar refractivity (Wildman–Crippen MR) is 78.3 cm³/mol. The van der Waals surface area contributed by atoms with Crippen molar-refractivity contribution < 1.29 is 13.2 Å². The Hall–Kier alpha value is -0.130. The highest BCUT2D eigenvalue weighted by atomic mass is 32.2. The van der Waals surface area contributed by atoms with E-state index in [1.807, 2.05) is 0 Å². The van der Waals surface area contributed by atoms with Crippen LogP contribution >= 0.6 is 0 Å². The molecule has 3 unspecified atom stereocenters. The number of rotatable bonds is 7. The second kappa shape index (κ2) is 7.60. The van der Waals surface area contributed by atoms with Crippen LogP contribution in [0.2, 0.25) is 0 Å². The van der Waals surface area contributed by atoms with Crippen molar-refractivity contribution in [3.8, 4) is 0 Å². The first-order valence-electron chi connectivity index (χ1n) is 7.38. The summed E-state index contributed by atoms with van der Waals surface area (Å²) < 4.78 is 27.7. The van der Waals surface area contributed by atoms with Gasteiger partial charge in [-0.3, -0.25) is 0 Å². The molecule has 4 nitrogen and oxygen atoms in total. The molecule has 1 saturated carbocycles. The van der Waals surface area contributed by atoms with Crippen molar-refractivity contribution in [1.29, 1.82) is 0 Å². The Morgan fingerprint density at radius 3 is 2.26 bits per heavy atom. The zero-order valence-electron chi connectivity index (χ0n) is 12.5. The molecule has 19 heavy (non-hydrogen) atoms. The quantitative estimate of drug-likeness (QED) is 0.783. The summed E-state index contributed by atoms with van der Waals surface area (Å²) in [5, 5.41) is 5.00. The molecular formula is C14H29NO3S. The van der Waals surface area contributed by atoms with E-state index in [-0.39, 0.29) is 5.75 Å². The van der Waals surface area contributed by atoms with Gasteiger partial charge in [-0.1, -0.05) is 20.8 Å². The van der Waals surface area contributed by atoms with E-state index < -0.39 is 10.0 Å². The molecule has 0 bridgehead atoms. The molecule has 114 valence electrons. The zero-order valence-corrected chi connectivity index (χ0v) is 13.3. The van der Waals surface area contributed by atoms with Crippen molar-refractivity contribution in [2.24, 2.45) is 22.9 Å². The van der Waals surface area contributed by atoms with Crippen LogP contribution in [0.25, 0.3) is 0 Å². The molecule has 1 aliphatic carbocycles. The van der Waals surface area contributed by atoms with Crippen LogP contribution in [-0.2, 0) is 14.8 Å². The second-order valence-electron chi connectivity index (χ2n) is 6.46. The number of hydrogen-bond acceptors (Lipinski definition) is 3. The molecule has 1 aliphatic rings. The topological polar surface area (TPSA) is 69.4 Å². The third kappa shape index (κ3) is 7.90. The molecule has 0 aromatic rings. The molecule has 5 heteroatoms. The average Bonchev–Trinajstić information content (AvgIpc) is 2.24. The van der Waals surface area contributed by atoms with Gasteiger partial charge in [-0.25, -0.2) is 13.6 Å². The third-order valence-corrected chi connectivity index (χ3v) is 4.80. The fourth-order valence-electron chi connectivity index (χ4n) is 2.95. The Bertz CT molecular complexity index is 346. The highest BCUT2D eigenvalue weighted by molar-refractivity contribution is 7.89. The fourth-order valence-corrected chi connectivity index (χ4v) is 3.69. The van der Waals surface area contributed by atoms with Gasteiger partial charge in [0, 0.05) is 6.61 Å². The van der Waals surface area contributed by atoms with Gasteiger partial charge in [-0.05, 0) is 49.9 Å². The van der Waals surface area contributed by atoms with Crippen molar-refractivity contribution in [3.63, 3.8) is 0 Å². The minimum atomic E-state index is -3.32. The normalized spacial score (nSPS) is 30.2. The van der Waals surface area contributed by atoms with Gasteiger partial charge in [-0.15, -0.1) is 0 Å². The highest BCUT2D eigenvalue weighted by Gasteiger charge is 2.24. The van der Waals surface area contributed by atoms with Gasteiger partial charge in [0.15, 0.2) is 0 Å². The van der Waals surface area contributed by atoms with Crippen LogP contribution in [0.1, 0.15) is 52.9 Å². The first-order valence-corrected chi connectivity index (χ1v) is 9.10. The van der Waals surface area contributed by atoms with E-state index in [1.54, 1.807) is 0 Å². The maximum atomic E-state index is 10.9. The van der Waals surface area contributed by atoms with E-state index >= 15 is 0 Å². The van der Waals surface area contributed by atoms with Crippen LogP contribution < -0.4 is 5.14 Å². The molecule has 2 N–H and O–H groups in total. The Kier molecular flexibility index (Phi) is 6.77. The van der Waals surface area contributed by atoms with Gasteiger partial charge in [0.25, 0.3) is 0 Å². The van der Waals surface area contributed by atoms with E-state index in [1.165, 1.54) is 6.42 Å². The van der Waals surface area contributed by atoms with E-state index in [0.29, 0.717) is 18.4 Å². The summed E-state index contributed by atoms with van der Waals surface area (Å²) in [5.74, 6) is 1.94. The average molecular weight is 291 g/mol. The Morgan fingerprint density at radius 1 is 1.16 bits per heavy atom. The van der Waals surface area contributed by atoms with E-state index in [0.717, 1.165) is 37.7 Å². The Balaban J connectivity index is 2.15. The lowest BCUT2D eigenvalue weighted by Crippen LogP contribution is -2.27. The smallest absolute Gasteiger partial charge is 0.209 e. The van der Waals surface area contributed by atoms with Crippen LogP contribution in [0, 0.1) is 17.8 Å². The largest absolute Gasteiger partial charge is 0.378 e. The van der Waals surface area contributed by atoms with Crippen LogP contribution in [0.3, 0.4) is 0 Å². The molecule has 0 aromatic carbocycles. The van der Waals surface area contributed by atoms with Crippen LogP contribution in [0.4, 0.5) is 0 Å². The lowest BCUT2D eigenvalue weighted by molar-refractivity contribution is -0.00393. The highest BCUT2D eigenvalue weighted by Crippen LogP contribution is 2.30. The molecule has 0 spiro atoms. The summed E-state index contributed by atoms with van der Waals surface area (Å²) in [5.41, 5.74) is 0. The second-order valence-corrected chi connectivity index (χ2v) is 8.19. The summed E-state index contributed by atoms with van der Waals surface area (Å²) in [6.45, 7) is 7.37. The molecule has 0 heterocycles. The van der Waals surface area contributed by atoms with Gasteiger partial charge >= 0.3 is 0 Å². The molecule has 0 amide bonds. The van der Waals surface area contributed by atoms with Gasteiger partial charge in [0.05, 0.1) is 11.9 Å². The monoisotopic (exact) mass is 291 g/mol. The number of sulfonamides is 1. The van der Waals surface area contributed by atoms with Gasteiger partial charge in [0.2, 0.25) is 10.0 Å². The number of hydrogen-bond donors (Lipinski definition) is 1. The SMILES string of the molecule is CC(CCOC1CC(C)CC(C)C1)CCS(N)(=O)=O. The molecule has 0 saturated heterocycles. The van der Waals surface area contributed by atoms with Crippen molar-refractivity contribution in [1.82, 2.24) is 0 Å². The lowest BCUT2D eigenvalue weighted by Gasteiger charge is -2.31. The van der Waals surface area contributed by atoms with Crippen molar-refractivity contribution in [2.45, 2.75) is 59.0 Å². The van der Waals surface area contributed by atoms with Gasteiger partial charge < -0.3 is 4.74 Å². The number of ether oxygens (including phenoxy) is 1. The van der Waals surface area contributed by atoms with Crippen LogP contribution in [0.5, 0.6) is 0 Å². The van der Waals surface area contributed by atoms with Crippen molar-refractivity contribution in [2.75, 3.05) is 12.4 Å². The summed E-state index contributed by atoms with van der Waals surface area (Å²) in [6, 6.07) is 0. The Labute approximate surface area is 118 Å². The zero-order chi connectivity index (χ0) is 14.5. The summed E-state index contributed by atoms with van der Waals surface area (Å²) in [6.07, 6.45) is 5.56. The van der Waals surface area contributed by atoms with Crippen LogP contribution in [0.15, 0.2) is 0 Å².